The van der Waals surface area contributed by atoms with Crippen LogP contribution in [0.15, 0.2) is 66.9 Å². The van der Waals surface area contributed by atoms with Crippen molar-refractivity contribution in [3.05, 3.63) is 78.0 Å². The van der Waals surface area contributed by atoms with E-state index in [1.54, 1.807) is 14.0 Å². The molecule has 6 heteroatoms. The molecule has 0 aliphatic carbocycles. The third-order valence-corrected chi connectivity index (χ3v) is 5.70. The highest BCUT2D eigenvalue weighted by molar-refractivity contribution is 5.87. The Morgan fingerprint density at radius 1 is 1.06 bits per heavy atom. The molecule has 0 amide bonds. The quantitative estimate of drug-likeness (QED) is 0.380. The van der Waals surface area contributed by atoms with Crippen LogP contribution in [0.5, 0.6) is 5.75 Å². The van der Waals surface area contributed by atoms with E-state index in [1.807, 2.05) is 42.6 Å². The molecule has 0 saturated carbocycles. The Kier molecular flexibility index (Phi) is 6.73. The first kappa shape index (κ1) is 21.9. The van der Waals surface area contributed by atoms with Crippen LogP contribution >= 0.6 is 0 Å². The molecule has 0 radical (unpaired) electrons. The van der Waals surface area contributed by atoms with Gasteiger partial charge in [-0.05, 0) is 47.0 Å². The Hall–Kier alpha value is -3.35. The van der Waals surface area contributed by atoms with E-state index in [1.165, 1.54) is 10.8 Å². The van der Waals surface area contributed by atoms with Crippen LogP contribution in [0, 0.1) is 0 Å². The number of nitrogens with two attached hydrogens (primary N) is 1. The summed E-state index contributed by atoms with van der Waals surface area (Å²) in [5.41, 5.74) is 9.21. The summed E-state index contributed by atoms with van der Waals surface area (Å²) in [4.78, 5) is 15.5. The highest BCUT2D eigenvalue weighted by Gasteiger charge is 2.29. The van der Waals surface area contributed by atoms with Crippen LogP contribution in [-0.2, 0) is 20.9 Å². The topological polar surface area (TPSA) is 86.6 Å². The van der Waals surface area contributed by atoms with Gasteiger partial charge in [-0.2, -0.15) is 0 Å². The first-order valence-electron chi connectivity index (χ1n) is 10.7. The van der Waals surface area contributed by atoms with Crippen molar-refractivity contribution in [1.29, 1.82) is 0 Å². The van der Waals surface area contributed by atoms with E-state index in [9.17, 15) is 4.79 Å². The molecule has 0 saturated heterocycles. The Morgan fingerprint density at radius 2 is 1.88 bits per heavy atom. The zero-order valence-corrected chi connectivity index (χ0v) is 18.3. The SMILES string of the molecule is CCOC(=O)C(N)C(COC)c1c[nH]c2ccc(OCc3cccc4ccccc34)cc12. The summed E-state index contributed by atoms with van der Waals surface area (Å²) in [6.07, 6.45) is 1.88. The molecule has 166 valence electrons. The molecule has 0 bridgehead atoms. The number of rotatable bonds is 9. The second-order valence-electron chi connectivity index (χ2n) is 7.72. The number of fused-ring (bicyclic) bond motifs is 2. The molecule has 0 spiro atoms. The van der Waals surface area contributed by atoms with Crippen molar-refractivity contribution in [1.82, 2.24) is 4.98 Å². The minimum absolute atomic E-state index is 0.284. The van der Waals surface area contributed by atoms with Crippen molar-refractivity contribution in [3.8, 4) is 5.75 Å². The number of methoxy groups -OCH3 is 1. The summed E-state index contributed by atoms with van der Waals surface area (Å²) in [5.74, 6) is -0.0412. The fraction of sp³-hybridized carbons (Fsp3) is 0.269. The van der Waals surface area contributed by atoms with Gasteiger partial charge in [-0.3, -0.25) is 4.79 Å². The van der Waals surface area contributed by atoms with Crippen molar-refractivity contribution in [2.45, 2.75) is 25.5 Å². The number of benzene rings is 3. The molecule has 4 aromatic rings. The van der Waals surface area contributed by atoms with Gasteiger partial charge in [0.15, 0.2) is 0 Å². The van der Waals surface area contributed by atoms with Gasteiger partial charge in [0.05, 0.1) is 13.2 Å². The van der Waals surface area contributed by atoms with E-state index in [0.29, 0.717) is 13.2 Å². The molecular weight excluding hydrogens is 404 g/mol. The van der Waals surface area contributed by atoms with Gasteiger partial charge in [-0.1, -0.05) is 42.5 Å². The highest BCUT2D eigenvalue weighted by atomic mass is 16.5. The summed E-state index contributed by atoms with van der Waals surface area (Å²) in [5, 5.41) is 3.31. The number of hydrogen-bond acceptors (Lipinski definition) is 5. The number of carbonyl (C=O) groups is 1. The first-order chi connectivity index (χ1) is 15.6. The predicted octanol–water partition coefficient (Wildman–Crippen LogP) is 4.52. The number of carbonyl (C=O) groups excluding carboxylic acids is 1. The van der Waals surface area contributed by atoms with Gasteiger partial charge in [0, 0.05) is 30.1 Å². The Labute approximate surface area is 187 Å². The largest absolute Gasteiger partial charge is 0.489 e. The Bertz CT molecular complexity index is 1210. The number of ether oxygens (including phenoxy) is 3. The molecule has 0 aliphatic heterocycles. The van der Waals surface area contributed by atoms with Crippen molar-refractivity contribution in [2.24, 2.45) is 5.73 Å². The average molecular weight is 433 g/mol. The number of aromatic amines is 1. The summed E-state index contributed by atoms with van der Waals surface area (Å²) >= 11 is 0. The van der Waals surface area contributed by atoms with E-state index in [0.717, 1.165) is 27.8 Å². The monoisotopic (exact) mass is 432 g/mol. The van der Waals surface area contributed by atoms with Gasteiger partial charge < -0.3 is 24.9 Å². The maximum absolute atomic E-state index is 12.3. The number of esters is 1. The van der Waals surface area contributed by atoms with Crippen molar-refractivity contribution < 1.29 is 19.0 Å². The van der Waals surface area contributed by atoms with Gasteiger partial charge in [0.25, 0.3) is 0 Å². The van der Waals surface area contributed by atoms with Gasteiger partial charge in [-0.25, -0.2) is 0 Å². The maximum Gasteiger partial charge on any atom is 0.323 e. The summed E-state index contributed by atoms with van der Waals surface area (Å²) in [7, 11) is 1.60. The number of aromatic nitrogens is 1. The minimum atomic E-state index is -0.825. The zero-order valence-electron chi connectivity index (χ0n) is 18.3. The lowest BCUT2D eigenvalue weighted by Crippen LogP contribution is -2.40. The van der Waals surface area contributed by atoms with Crippen LogP contribution in [-0.4, -0.2) is 37.3 Å². The average Bonchev–Trinajstić information content (AvgIpc) is 3.24. The summed E-state index contributed by atoms with van der Waals surface area (Å²) in [6.45, 7) is 2.80. The van der Waals surface area contributed by atoms with Gasteiger partial charge in [-0.15, -0.1) is 0 Å². The smallest absolute Gasteiger partial charge is 0.323 e. The summed E-state index contributed by atoms with van der Waals surface area (Å²) < 4.78 is 16.7. The number of hydrogen-bond donors (Lipinski definition) is 2. The molecule has 1 heterocycles. The van der Waals surface area contributed by atoms with Crippen LogP contribution in [0.4, 0.5) is 0 Å². The summed E-state index contributed by atoms with van der Waals surface area (Å²) in [6, 6.07) is 19.5. The molecule has 4 rings (SSSR count). The number of H-pyrrole nitrogens is 1. The van der Waals surface area contributed by atoms with Gasteiger partial charge in [0.2, 0.25) is 0 Å². The van der Waals surface area contributed by atoms with Crippen LogP contribution < -0.4 is 10.5 Å². The zero-order chi connectivity index (χ0) is 22.5. The molecule has 3 N–H and O–H groups in total. The molecule has 32 heavy (non-hydrogen) atoms. The van der Waals surface area contributed by atoms with E-state index < -0.39 is 12.0 Å². The van der Waals surface area contributed by atoms with Gasteiger partial charge >= 0.3 is 5.97 Å². The van der Waals surface area contributed by atoms with Gasteiger partial charge in [0.1, 0.15) is 18.4 Å². The third-order valence-electron chi connectivity index (χ3n) is 5.70. The van der Waals surface area contributed by atoms with Crippen LogP contribution in [0.25, 0.3) is 21.7 Å². The molecule has 3 aromatic carbocycles. The first-order valence-corrected chi connectivity index (χ1v) is 10.7. The minimum Gasteiger partial charge on any atom is -0.489 e. The van der Waals surface area contributed by atoms with E-state index in [4.69, 9.17) is 19.9 Å². The van der Waals surface area contributed by atoms with Crippen LogP contribution in [0.2, 0.25) is 0 Å². The second-order valence-corrected chi connectivity index (χ2v) is 7.72. The molecule has 6 nitrogen and oxygen atoms in total. The fourth-order valence-corrected chi connectivity index (χ4v) is 4.07. The van der Waals surface area contributed by atoms with Crippen LogP contribution in [0.1, 0.15) is 24.0 Å². The predicted molar refractivity (Wildman–Crippen MR) is 126 cm³/mol. The molecule has 0 fully saturated rings. The maximum atomic E-state index is 12.3. The van der Waals surface area contributed by atoms with Crippen molar-refractivity contribution in [3.63, 3.8) is 0 Å². The number of nitrogens with one attached hydrogen (secondary N) is 1. The molecular formula is C26H28N2O4. The highest BCUT2D eigenvalue weighted by Crippen LogP contribution is 2.31. The third kappa shape index (κ3) is 4.47. The van der Waals surface area contributed by atoms with Crippen LogP contribution in [0.3, 0.4) is 0 Å². The molecule has 2 atom stereocenters. The van der Waals surface area contributed by atoms with E-state index in [2.05, 4.69) is 29.2 Å². The standard InChI is InChI=1S/C26H28N2O4/c1-3-31-26(29)25(27)23(16-30-2)22-14-28-24-12-11-19(13-21(22)24)32-15-18-9-6-8-17-7-4-5-10-20(17)18/h4-14,23,25,28H,3,15-16,27H2,1-2H3. The lowest BCUT2D eigenvalue weighted by atomic mass is 9.92. The molecule has 2 unspecified atom stereocenters. The Balaban J connectivity index is 1.61. The lowest BCUT2D eigenvalue weighted by Gasteiger charge is -2.21. The van der Waals surface area contributed by atoms with E-state index >= 15 is 0 Å². The van der Waals surface area contributed by atoms with E-state index in [-0.39, 0.29) is 12.5 Å². The fourth-order valence-electron chi connectivity index (χ4n) is 4.07. The second kappa shape index (κ2) is 9.85. The molecule has 0 aliphatic rings. The van der Waals surface area contributed by atoms with Crippen molar-refractivity contribution in [2.75, 3.05) is 20.3 Å². The Morgan fingerprint density at radius 3 is 2.69 bits per heavy atom. The lowest BCUT2D eigenvalue weighted by molar-refractivity contribution is -0.145. The molecule has 1 aromatic heterocycles. The normalized spacial score (nSPS) is 13.2. The van der Waals surface area contributed by atoms with Crippen molar-refractivity contribution >= 4 is 27.6 Å².